The molecule has 78 valence electrons. The Hall–Kier alpha value is -1.56. The summed E-state index contributed by atoms with van der Waals surface area (Å²) in [4.78, 5) is 6.51. The van der Waals surface area contributed by atoms with E-state index in [4.69, 9.17) is 5.26 Å². The number of nitriles is 1. The van der Waals surface area contributed by atoms with Crippen molar-refractivity contribution in [1.82, 2.24) is 4.98 Å². The van der Waals surface area contributed by atoms with E-state index in [1.54, 1.807) is 6.20 Å². The molecule has 1 aromatic rings. The lowest BCUT2D eigenvalue weighted by Crippen LogP contribution is -2.26. The molecule has 1 aromatic heterocycles. The van der Waals surface area contributed by atoms with Crippen LogP contribution in [0.25, 0.3) is 0 Å². The minimum absolute atomic E-state index is 0.681. The molecule has 0 amide bonds. The van der Waals surface area contributed by atoms with Crippen molar-refractivity contribution in [3.63, 3.8) is 0 Å². The van der Waals surface area contributed by atoms with Gasteiger partial charge in [0.1, 0.15) is 11.9 Å². The first-order valence-corrected chi connectivity index (χ1v) is 5.45. The Kier molecular flexibility index (Phi) is 2.86. The number of anilines is 1. The lowest BCUT2D eigenvalue weighted by Gasteiger charge is -2.22. The van der Waals surface area contributed by atoms with Gasteiger partial charge in [0.25, 0.3) is 0 Å². The predicted molar refractivity (Wildman–Crippen MR) is 59.6 cm³/mol. The summed E-state index contributed by atoms with van der Waals surface area (Å²) < 4.78 is 0. The Bertz CT molecular complexity index is 377. The number of aromatic nitrogens is 1. The molecule has 15 heavy (non-hydrogen) atoms. The normalized spacial score (nSPS) is 14.7. The maximum atomic E-state index is 9.00. The van der Waals surface area contributed by atoms with Gasteiger partial charge in [-0.05, 0) is 37.8 Å². The highest BCUT2D eigenvalue weighted by molar-refractivity contribution is 5.53. The van der Waals surface area contributed by atoms with Gasteiger partial charge in [-0.3, -0.25) is 0 Å². The van der Waals surface area contributed by atoms with Crippen molar-refractivity contribution in [2.75, 3.05) is 18.0 Å². The lowest BCUT2D eigenvalue weighted by molar-refractivity contribution is 0.731. The van der Waals surface area contributed by atoms with Gasteiger partial charge in [-0.1, -0.05) is 0 Å². The van der Waals surface area contributed by atoms with Crippen LogP contribution in [0.1, 0.15) is 25.3 Å². The molecule has 0 saturated heterocycles. The number of pyridine rings is 1. The van der Waals surface area contributed by atoms with Gasteiger partial charge in [0.05, 0.1) is 5.56 Å². The average Bonchev–Trinajstić information content (AvgIpc) is 3.10. The van der Waals surface area contributed by atoms with E-state index in [0.29, 0.717) is 5.56 Å². The molecule has 0 N–H and O–H groups in total. The van der Waals surface area contributed by atoms with Crippen molar-refractivity contribution in [2.24, 2.45) is 5.92 Å². The van der Waals surface area contributed by atoms with Gasteiger partial charge in [-0.25, -0.2) is 4.98 Å². The van der Waals surface area contributed by atoms with E-state index in [-0.39, 0.29) is 0 Å². The second-order valence-corrected chi connectivity index (χ2v) is 3.97. The molecule has 1 aliphatic carbocycles. The highest BCUT2D eigenvalue weighted by Crippen LogP contribution is 2.31. The topological polar surface area (TPSA) is 39.9 Å². The zero-order valence-electron chi connectivity index (χ0n) is 8.98. The molecular weight excluding hydrogens is 186 g/mol. The van der Waals surface area contributed by atoms with Crippen molar-refractivity contribution >= 4 is 5.82 Å². The Morgan fingerprint density at radius 3 is 3.00 bits per heavy atom. The van der Waals surface area contributed by atoms with Crippen LogP contribution in [-0.4, -0.2) is 18.1 Å². The SMILES string of the molecule is CCN(CC1CC1)c1ncccc1C#N. The fourth-order valence-corrected chi connectivity index (χ4v) is 1.71. The Balaban J connectivity index is 2.20. The molecule has 3 heteroatoms. The third-order valence-electron chi connectivity index (χ3n) is 2.76. The van der Waals surface area contributed by atoms with Crippen LogP contribution in [-0.2, 0) is 0 Å². The summed E-state index contributed by atoms with van der Waals surface area (Å²) in [7, 11) is 0. The van der Waals surface area contributed by atoms with Crippen LogP contribution in [0.5, 0.6) is 0 Å². The molecule has 0 radical (unpaired) electrons. The molecule has 0 aromatic carbocycles. The number of nitrogens with zero attached hydrogens (tertiary/aromatic N) is 3. The average molecular weight is 201 g/mol. The molecule has 0 unspecified atom stereocenters. The third-order valence-corrected chi connectivity index (χ3v) is 2.76. The van der Waals surface area contributed by atoms with Crippen molar-refractivity contribution in [3.05, 3.63) is 23.9 Å². The third kappa shape index (κ3) is 2.27. The lowest BCUT2D eigenvalue weighted by atomic mass is 10.2. The second-order valence-electron chi connectivity index (χ2n) is 3.97. The summed E-state index contributed by atoms with van der Waals surface area (Å²) in [6.45, 7) is 4.07. The van der Waals surface area contributed by atoms with E-state index in [1.807, 2.05) is 12.1 Å². The molecular formula is C12H15N3. The van der Waals surface area contributed by atoms with E-state index >= 15 is 0 Å². The highest BCUT2D eigenvalue weighted by atomic mass is 15.2. The highest BCUT2D eigenvalue weighted by Gasteiger charge is 2.25. The van der Waals surface area contributed by atoms with E-state index in [2.05, 4.69) is 22.9 Å². The van der Waals surface area contributed by atoms with Crippen molar-refractivity contribution in [2.45, 2.75) is 19.8 Å². The summed E-state index contributed by atoms with van der Waals surface area (Å²) >= 11 is 0. The van der Waals surface area contributed by atoms with E-state index < -0.39 is 0 Å². The first-order valence-electron chi connectivity index (χ1n) is 5.45. The van der Waals surface area contributed by atoms with Gasteiger partial charge < -0.3 is 4.90 Å². The smallest absolute Gasteiger partial charge is 0.146 e. The molecule has 3 nitrogen and oxygen atoms in total. The summed E-state index contributed by atoms with van der Waals surface area (Å²) in [5.74, 6) is 1.66. The van der Waals surface area contributed by atoms with Crippen LogP contribution < -0.4 is 4.90 Å². The number of hydrogen-bond acceptors (Lipinski definition) is 3. The van der Waals surface area contributed by atoms with Gasteiger partial charge in [0.15, 0.2) is 0 Å². The first kappa shape index (κ1) is 9.97. The molecule has 0 atom stereocenters. The zero-order chi connectivity index (χ0) is 10.7. The fourth-order valence-electron chi connectivity index (χ4n) is 1.71. The molecule has 0 bridgehead atoms. The summed E-state index contributed by atoms with van der Waals surface area (Å²) in [5, 5.41) is 9.00. The molecule has 2 rings (SSSR count). The van der Waals surface area contributed by atoms with E-state index in [0.717, 1.165) is 24.8 Å². The Labute approximate surface area is 90.4 Å². The fraction of sp³-hybridized carbons (Fsp3) is 0.500. The van der Waals surface area contributed by atoms with Crippen LogP contribution in [0.4, 0.5) is 5.82 Å². The Morgan fingerprint density at radius 2 is 2.40 bits per heavy atom. The van der Waals surface area contributed by atoms with Crippen LogP contribution in [0.2, 0.25) is 0 Å². The minimum Gasteiger partial charge on any atom is -0.356 e. The van der Waals surface area contributed by atoms with Crippen molar-refractivity contribution in [3.8, 4) is 6.07 Å². The molecule has 1 fully saturated rings. The summed E-state index contributed by atoms with van der Waals surface area (Å²) in [5.41, 5.74) is 0.681. The minimum atomic E-state index is 0.681. The maximum Gasteiger partial charge on any atom is 0.146 e. The van der Waals surface area contributed by atoms with Crippen LogP contribution >= 0.6 is 0 Å². The zero-order valence-corrected chi connectivity index (χ0v) is 8.98. The Morgan fingerprint density at radius 1 is 1.60 bits per heavy atom. The van der Waals surface area contributed by atoms with Crippen LogP contribution in [0.3, 0.4) is 0 Å². The summed E-state index contributed by atoms with van der Waals surface area (Å²) in [6.07, 6.45) is 4.40. The van der Waals surface area contributed by atoms with Crippen LogP contribution in [0.15, 0.2) is 18.3 Å². The first-order chi connectivity index (χ1) is 7.35. The molecule has 1 aliphatic rings. The van der Waals surface area contributed by atoms with Gasteiger partial charge in [0.2, 0.25) is 0 Å². The monoisotopic (exact) mass is 201 g/mol. The molecule has 1 saturated carbocycles. The second kappa shape index (κ2) is 4.31. The standard InChI is InChI=1S/C12H15N3/c1-2-15(9-10-5-6-10)12-11(8-13)4-3-7-14-12/h3-4,7,10H,2,5-6,9H2,1H3. The quantitative estimate of drug-likeness (QED) is 0.749. The van der Waals surface area contributed by atoms with Crippen molar-refractivity contribution in [1.29, 1.82) is 5.26 Å². The van der Waals surface area contributed by atoms with Gasteiger partial charge in [-0.2, -0.15) is 5.26 Å². The largest absolute Gasteiger partial charge is 0.356 e. The molecule has 0 aliphatic heterocycles. The van der Waals surface area contributed by atoms with E-state index in [1.165, 1.54) is 12.8 Å². The molecule has 1 heterocycles. The summed E-state index contributed by atoms with van der Waals surface area (Å²) in [6, 6.07) is 5.84. The van der Waals surface area contributed by atoms with Crippen LogP contribution in [0, 0.1) is 17.2 Å². The maximum absolute atomic E-state index is 9.00. The van der Waals surface area contributed by atoms with Gasteiger partial charge in [-0.15, -0.1) is 0 Å². The predicted octanol–water partition coefficient (Wildman–Crippen LogP) is 2.19. The van der Waals surface area contributed by atoms with Gasteiger partial charge in [0, 0.05) is 19.3 Å². The number of rotatable bonds is 4. The van der Waals surface area contributed by atoms with E-state index in [9.17, 15) is 0 Å². The van der Waals surface area contributed by atoms with Gasteiger partial charge >= 0.3 is 0 Å². The van der Waals surface area contributed by atoms with Crippen molar-refractivity contribution < 1.29 is 0 Å². The number of hydrogen-bond donors (Lipinski definition) is 0. The molecule has 0 spiro atoms.